The molecule has 2 aromatic carbocycles. The minimum Gasteiger partial charge on any atom is -0.501 e. The second kappa shape index (κ2) is 8.25. The highest BCUT2D eigenvalue weighted by Gasteiger charge is 2.20. The monoisotopic (exact) mass is 433 g/mol. The van der Waals surface area contributed by atoms with Crippen LogP contribution < -0.4 is 10.9 Å². The molecule has 0 saturated carbocycles. The van der Waals surface area contributed by atoms with Crippen LogP contribution in [0, 0.1) is 0 Å². The van der Waals surface area contributed by atoms with Crippen molar-refractivity contribution in [3.63, 3.8) is 0 Å². The van der Waals surface area contributed by atoms with Gasteiger partial charge in [-0.25, -0.2) is 9.78 Å². The first kappa shape index (κ1) is 20.0. The number of carbonyl (C=O) groups excluding carboxylic acids is 1. The molecule has 0 spiro atoms. The van der Waals surface area contributed by atoms with E-state index in [1.54, 1.807) is 23.6 Å². The number of H-pyrrole nitrogens is 1. The first-order chi connectivity index (χ1) is 14.9. The lowest BCUT2D eigenvalue weighted by molar-refractivity contribution is 0.0686. The van der Waals surface area contributed by atoms with Gasteiger partial charge in [0.15, 0.2) is 11.5 Å². The maximum atomic E-state index is 12.7. The second-order valence-electron chi connectivity index (χ2n) is 6.48. The molecule has 0 fully saturated rings. The smallest absolute Gasteiger partial charge is 0.358 e. The largest absolute Gasteiger partial charge is 0.501 e. The minimum absolute atomic E-state index is 0.0649. The summed E-state index contributed by atoms with van der Waals surface area (Å²) < 4.78 is 0. The lowest BCUT2D eigenvalue weighted by Crippen LogP contribution is -2.16. The Morgan fingerprint density at radius 2 is 1.65 bits per heavy atom. The highest BCUT2D eigenvalue weighted by atomic mass is 32.1. The number of amides is 1. The van der Waals surface area contributed by atoms with E-state index in [1.165, 1.54) is 0 Å². The van der Waals surface area contributed by atoms with Gasteiger partial charge in [-0.3, -0.25) is 9.59 Å². The van der Waals surface area contributed by atoms with Crippen LogP contribution in [0.4, 0.5) is 5.69 Å². The van der Waals surface area contributed by atoms with Crippen molar-refractivity contribution in [3.8, 4) is 27.6 Å². The van der Waals surface area contributed by atoms with E-state index >= 15 is 0 Å². The van der Waals surface area contributed by atoms with Crippen LogP contribution in [0.3, 0.4) is 0 Å². The molecule has 4 aromatic rings. The second-order valence-corrected chi connectivity index (χ2v) is 7.39. The molecule has 1 amide bonds. The number of carbonyl (C=O) groups is 2. The van der Waals surface area contributed by atoms with Gasteiger partial charge in [-0.05, 0) is 34.7 Å². The van der Waals surface area contributed by atoms with Gasteiger partial charge in [-0.2, -0.15) is 0 Å². The van der Waals surface area contributed by atoms with Crippen molar-refractivity contribution in [2.75, 3.05) is 5.32 Å². The number of carboxylic acids is 1. The lowest BCUT2D eigenvalue weighted by Gasteiger charge is -2.08. The number of thiophene rings is 1. The van der Waals surface area contributed by atoms with Gasteiger partial charge in [0.1, 0.15) is 0 Å². The standard InChI is InChI=1S/C22H15N3O5S/c26-17-16(22(29)30)24-19(25-21(17)28)18-15(10-11-31-18)23-20(27)14-8-6-13(7-9-14)12-4-2-1-3-5-12/h1-11,26H,(H,23,27)(H,29,30)(H,24,25,28). The molecular formula is C22H15N3O5S. The molecule has 0 atom stereocenters. The molecule has 9 heteroatoms. The molecule has 0 unspecified atom stereocenters. The van der Waals surface area contributed by atoms with Crippen LogP contribution in [0.1, 0.15) is 20.8 Å². The highest BCUT2D eigenvalue weighted by molar-refractivity contribution is 7.14. The van der Waals surface area contributed by atoms with Crippen LogP contribution in [0.5, 0.6) is 5.75 Å². The predicted octanol–water partition coefficient (Wildman–Crippen LogP) is 3.82. The van der Waals surface area contributed by atoms with Gasteiger partial charge >= 0.3 is 5.97 Å². The van der Waals surface area contributed by atoms with Gasteiger partial charge in [0.05, 0.1) is 10.6 Å². The number of aromatic carboxylic acids is 1. The van der Waals surface area contributed by atoms with Crippen LogP contribution in [0.25, 0.3) is 21.8 Å². The van der Waals surface area contributed by atoms with Crippen LogP contribution in [0.15, 0.2) is 70.8 Å². The van der Waals surface area contributed by atoms with Crippen molar-refractivity contribution in [3.05, 3.63) is 87.7 Å². The fourth-order valence-electron chi connectivity index (χ4n) is 2.95. The highest BCUT2D eigenvalue weighted by Crippen LogP contribution is 2.32. The van der Waals surface area contributed by atoms with Crippen LogP contribution >= 0.6 is 11.3 Å². The van der Waals surface area contributed by atoms with Crippen molar-refractivity contribution in [1.29, 1.82) is 0 Å². The Morgan fingerprint density at radius 1 is 0.968 bits per heavy atom. The number of aromatic hydroxyl groups is 1. The molecule has 0 aliphatic heterocycles. The SMILES string of the molecule is O=C(Nc1ccsc1-c1nc(C(=O)O)c(O)c(=O)[nH]1)c1ccc(-c2ccccc2)cc1. The molecule has 0 saturated heterocycles. The lowest BCUT2D eigenvalue weighted by atomic mass is 10.0. The van der Waals surface area contributed by atoms with Gasteiger partial charge in [-0.1, -0.05) is 42.5 Å². The van der Waals surface area contributed by atoms with Crippen molar-refractivity contribution in [2.45, 2.75) is 0 Å². The normalized spacial score (nSPS) is 10.6. The Labute approximate surface area is 179 Å². The molecular weight excluding hydrogens is 418 g/mol. The zero-order chi connectivity index (χ0) is 22.0. The molecule has 31 heavy (non-hydrogen) atoms. The summed E-state index contributed by atoms with van der Waals surface area (Å²) in [7, 11) is 0. The zero-order valence-corrected chi connectivity index (χ0v) is 16.6. The minimum atomic E-state index is -1.54. The summed E-state index contributed by atoms with van der Waals surface area (Å²) in [4.78, 5) is 42.3. The van der Waals surface area contributed by atoms with Crippen LogP contribution in [-0.4, -0.2) is 32.1 Å². The fraction of sp³-hybridized carbons (Fsp3) is 0. The fourth-order valence-corrected chi connectivity index (χ4v) is 3.75. The summed E-state index contributed by atoms with van der Waals surface area (Å²) in [5.41, 5.74) is 1.04. The van der Waals surface area contributed by atoms with Gasteiger partial charge in [0.25, 0.3) is 11.5 Å². The summed E-state index contributed by atoms with van der Waals surface area (Å²) in [6, 6.07) is 18.5. The average Bonchev–Trinajstić information content (AvgIpc) is 3.24. The van der Waals surface area contributed by atoms with Gasteiger partial charge in [-0.15, -0.1) is 11.3 Å². The number of aromatic amines is 1. The molecule has 8 nitrogen and oxygen atoms in total. The van der Waals surface area contributed by atoms with Gasteiger partial charge < -0.3 is 20.5 Å². The van der Waals surface area contributed by atoms with Crippen molar-refractivity contribution < 1.29 is 19.8 Å². The number of anilines is 1. The number of nitrogens with zero attached hydrogens (tertiary/aromatic N) is 1. The van der Waals surface area contributed by atoms with E-state index in [0.717, 1.165) is 22.5 Å². The molecule has 2 aromatic heterocycles. The number of hydrogen-bond acceptors (Lipinski definition) is 6. The Bertz CT molecular complexity index is 1330. The predicted molar refractivity (Wildman–Crippen MR) is 117 cm³/mol. The number of benzene rings is 2. The van der Waals surface area contributed by atoms with Crippen molar-refractivity contribution in [1.82, 2.24) is 9.97 Å². The molecule has 154 valence electrons. The Hall–Kier alpha value is -4.24. The number of rotatable bonds is 5. The van der Waals surface area contributed by atoms with Gasteiger partial charge in [0.2, 0.25) is 5.75 Å². The van der Waals surface area contributed by atoms with Crippen molar-refractivity contribution in [2.24, 2.45) is 0 Å². The summed E-state index contributed by atoms with van der Waals surface area (Å²) >= 11 is 1.15. The first-order valence-corrected chi connectivity index (χ1v) is 9.93. The van der Waals surface area contributed by atoms with E-state index < -0.39 is 23.0 Å². The number of aromatic nitrogens is 2. The van der Waals surface area contributed by atoms with E-state index in [0.29, 0.717) is 16.1 Å². The average molecular weight is 433 g/mol. The maximum absolute atomic E-state index is 12.7. The third-order valence-electron chi connectivity index (χ3n) is 4.48. The van der Waals surface area contributed by atoms with Crippen LogP contribution in [0.2, 0.25) is 0 Å². The zero-order valence-electron chi connectivity index (χ0n) is 15.8. The van der Waals surface area contributed by atoms with E-state index in [1.807, 2.05) is 42.5 Å². The van der Waals surface area contributed by atoms with Gasteiger partial charge in [0, 0.05) is 5.56 Å². The van der Waals surface area contributed by atoms with Crippen molar-refractivity contribution >= 4 is 28.9 Å². The van der Waals surface area contributed by atoms with E-state index in [2.05, 4.69) is 15.3 Å². The third kappa shape index (κ3) is 4.07. The molecule has 0 aliphatic rings. The summed E-state index contributed by atoms with van der Waals surface area (Å²) in [5, 5.41) is 23.2. The van der Waals surface area contributed by atoms with E-state index in [9.17, 15) is 19.5 Å². The first-order valence-electron chi connectivity index (χ1n) is 9.05. The maximum Gasteiger partial charge on any atom is 0.358 e. The Morgan fingerprint density at radius 3 is 2.32 bits per heavy atom. The quantitative estimate of drug-likeness (QED) is 0.378. The van der Waals surface area contributed by atoms with E-state index in [4.69, 9.17) is 5.11 Å². The molecule has 2 heterocycles. The number of nitrogens with one attached hydrogen (secondary N) is 2. The molecule has 4 rings (SSSR count). The molecule has 0 bridgehead atoms. The third-order valence-corrected chi connectivity index (χ3v) is 5.40. The Balaban J connectivity index is 1.60. The Kier molecular flexibility index (Phi) is 5.33. The number of hydrogen-bond donors (Lipinski definition) is 4. The molecule has 0 radical (unpaired) electrons. The molecule has 4 N–H and O–H groups in total. The summed E-state index contributed by atoms with van der Waals surface area (Å²) in [6.07, 6.45) is 0. The number of carboxylic acid groups (broad SMARTS) is 1. The topological polar surface area (TPSA) is 132 Å². The summed E-state index contributed by atoms with van der Waals surface area (Å²) in [6.45, 7) is 0. The van der Waals surface area contributed by atoms with Crippen LogP contribution in [-0.2, 0) is 0 Å². The molecule has 0 aliphatic carbocycles. The summed E-state index contributed by atoms with van der Waals surface area (Å²) in [5.74, 6) is -2.95. The van der Waals surface area contributed by atoms with E-state index in [-0.39, 0.29) is 11.7 Å².